The number of nitrogens with zero attached hydrogens (tertiary/aromatic N) is 3. The number of hydrogen-bond donors (Lipinski definition) is 1. The van der Waals surface area contributed by atoms with E-state index in [1.54, 1.807) is 12.1 Å². The SMILES string of the molecule is NC(=NCCCCc1ccc([N+](=O)[O-])cc1)N1CCCCCC1. The van der Waals surface area contributed by atoms with Gasteiger partial charge in [0.2, 0.25) is 0 Å². The fourth-order valence-corrected chi connectivity index (χ4v) is 2.82. The normalized spacial score (nSPS) is 16.2. The first-order chi connectivity index (χ1) is 11.2. The van der Waals surface area contributed by atoms with Gasteiger partial charge in [-0.2, -0.15) is 0 Å². The molecule has 0 amide bonds. The van der Waals surface area contributed by atoms with Crippen LogP contribution in [0.2, 0.25) is 0 Å². The van der Waals surface area contributed by atoms with Crippen LogP contribution >= 0.6 is 0 Å². The van der Waals surface area contributed by atoms with E-state index in [-0.39, 0.29) is 10.6 Å². The molecule has 1 aliphatic rings. The highest BCUT2D eigenvalue weighted by molar-refractivity contribution is 5.78. The maximum atomic E-state index is 10.6. The zero-order valence-corrected chi connectivity index (χ0v) is 13.6. The number of rotatable bonds is 6. The summed E-state index contributed by atoms with van der Waals surface area (Å²) in [5.41, 5.74) is 7.34. The Morgan fingerprint density at radius 3 is 2.39 bits per heavy atom. The number of benzene rings is 1. The molecule has 0 bridgehead atoms. The molecular weight excluding hydrogens is 292 g/mol. The Kier molecular flexibility index (Phi) is 6.84. The number of aliphatic imine (C=N–C) groups is 1. The molecule has 0 aromatic heterocycles. The summed E-state index contributed by atoms with van der Waals surface area (Å²) >= 11 is 0. The molecule has 1 aromatic rings. The van der Waals surface area contributed by atoms with Crippen molar-refractivity contribution in [3.8, 4) is 0 Å². The van der Waals surface area contributed by atoms with Crippen LogP contribution in [0.15, 0.2) is 29.3 Å². The number of unbranched alkanes of at least 4 members (excludes halogenated alkanes) is 1. The molecule has 2 N–H and O–H groups in total. The van der Waals surface area contributed by atoms with E-state index < -0.39 is 0 Å². The van der Waals surface area contributed by atoms with Crippen LogP contribution in [-0.4, -0.2) is 35.4 Å². The molecule has 0 aliphatic carbocycles. The molecule has 1 aromatic carbocycles. The van der Waals surface area contributed by atoms with Crippen molar-refractivity contribution in [1.29, 1.82) is 0 Å². The molecule has 0 spiro atoms. The highest BCUT2D eigenvalue weighted by Crippen LogP contribution is 2.14. The topological polar surface area (TPSA) is 84.8 Å². The number of nitro groups is 1. The van der Waals surface area contributed by atoms with E-state index >= 15 is 0 Å². The van der Waals surface area contributed by atoms with Gasteiger partial charge in [0.25, 0.3) is 5.69 Å². The Morgan fingerprint density at radius 1 is 1.13 bits per heavy atom. The van der Waals surface area contributed by atoms with Gasteiger partial charge in [0.15, 0.2) is 5.96 Å². The van der Waals surface area contributed by atoms with E-state index in [9.17, 15) is 10.1 Å². The molecule has 23 heavy (non-hydrogen) atoms. The van der Waals surface area contributed by atoms with Crippen LogP contribution in [0.3, 0.4) is 0 Å². The second-order valence-corrected chi connectivity index (χ2v) is 6.02. The van der Waals surface area contributed by atoms with Crippen LogP contribution < -0.4 is 5.73 Å². The number of hydrogen-bond acceptors (Lipinski definition) is 3. The molecule has 1 saturated heterocycles. The third-order valence-corrected chi connectivity index (χ3v) is 4.22. The molecule has 0 radical (unpaired) electrons. The molecule has 0 atom stereocenters. The number of likely N-dealkylation sites (tertiary alicyclic amines) is 1. The van der Waals surface area contributed by atoms with E-state index in [2.05, 4.69) is 9.89 Å². The predicted octanol–water partition coefficient (Wildman–Crippen LogP) is 3.11. The van der Waals surface area contributed by atoms with Crippen molar-refractivity contribution in [2.75, 3.05) is 19.6 Å². The summed E-state index contributed by atoms with van der Waals surface area (Å²) in [6.45, 7) is 2.80. The quantitative estimate of drug-likeness (QED) is 0.287. The smallest absolute Gasteiger partial charge is 0.269 e. The zero-order chi connectivity index (χ0) is 16.5. The van der Waals surface area contributed by atoms with Crippen LogP contribution in [0.1, 0.15) is 44.1 Å². The summed E-state index contributed by atoms with van der Waals surface area (Å²) in [4.78, 5) is 16.9. The average Bonchev–Trinajstić information content (AvgIpc) is 2.84. The number of non-ortho nitro benzene ring substituents is 1. The second-order valence-electron chi connectivity index (χ2n) is 6.02. The van der Waals surface area contributed by atoms with E-state index in [1.807, 2.05) is 12.1 Å². The third-order valence-electron chi connectivity index (χ3n) is 4.22. The van der Waals surface area contributed by atoms with Gasteiger partial charge in [0.05, 0.1) is 4.92 Å². The highest BCUT2D eigenvalue weighted by atomic mass is 16.6. The van der Waals surface area contributed by atoms with Gasteiger partial charge >= 0.3 is 0 Å². The summed E-state index contributed by atoms with van der Waals surface area (Å²) in [6, 6.07) is 6.77. The molecule has 0 saturated carbocycles. The number of nitrogens with two attached hydrogens (primary N) is 1. The molecule has 1 heterocycles. The number of aryl methyl sites for hydroxylation is 1. The van der Waals surface area contributed by atoms with Crippen molar-refractivity contribution in [2.24, 2.45) is 10.7 Å². The Balaban J connectivity index is 1.68. The predicted molar refractivity (Wildman–Crippen MR) is 92.6 cm³/mol. The lowest BCUT2D eigenvalue weighted by Gasteiger charge is -2.21. The van der Waals surface area contributed by atoms with Crippen molar-refractivity contribution in [1.82, 2.24) is 4.90 Å². The highest BCUT2D eigenvalue weighted by Gasteiger charge is 2.10. The fourth-order valence-electron chi connectivity index (χ4n) is 2.82. The molecule has 2 rings (SSSR count). The third kappa shape index (κ3) is 5.88. The van der Waals surface area contributed by atoms with Crippen molar-refractivity contribution in [2.45, 2.75) is 44.9 Å². The Hall–Kier alpha value is -2.11. The summed E-state index contributed by atoms with van der Waals surface area (Å²) < 4.78 is 0. The summed E-state index contributed by atoms with van der Waals surface area (Å²) in [7, 11) is 0. The van der Waals surface area contributed by atoms with E-state index in [1.165, 1.54) is 25.7 Å². The van der Waals surface area contributed by atoms with Gasteiger partial charge in [0.1, 0.15) is 0 Å². The summed E-state index contributed by atoms with van der Waals surface area (Å²) in [5, 5.41) is 10.6. The largest absolute Gasteiger partial charge is 0.370 e. The lowest BCUT2D eigenvalue weighted by atomic mass is 10.1. The molecule has 1 fully saturated rings. The van der Waals surface area contributed by atoms with Crippen LogP contribution in [0.4, 0.5) is 5.69 Å². The molecule has 126 valence electrons. The Labute approximate surface area is 137 Å². The van der Waals surface area contributed by atoms with Crippen molar-refractivity contribution in [3.63, 3.8) is 0 Å². The molecular formula is C17H26N4O2. The first-order valence-electron chi connectivity index (χ1n) is 8.45. The minimum atomic E-state index is -0.371. The van der Waals surface area contributed by atoms with Crippen LogP contribution in [0.5, 0.6) is 0 Å². The Morgan fingerprint density at radius 2 is 1.78 bits per heavy atom. The molecule has 6 nitrogen and oxygen atoms in total. The maximum absolute atomic E-state index is 10.6. The van der Waals surface area contributed by atoms with Crippen molar-refractivity contribution < 1.29 is 4.92 Å². The second kappa shape index (κ2) is 9.12. The van der Waals surface area contributed by atoms with Gasteiger partial charge in [-0.05, 0) is 37.7 Å². The van der Waals surface area contributed by atoms with Gasteiger partial charge in [-0.3, -0.25) is 15.1 Å². The molecule has 0 unspecified atom stereocenters. The van der Waals surface area contributed by atoms with Gasteiger partial charge in [-0.1, -0.05) is 25.0 Å². The lowest BCUT2D eigenvalue weighted by Crippen LogP contribution is -2.38. The van der Waals surface area contributed by atoms with E-state index in [4.69, 9.17) is 5.73 Å². The summed E-state index contributed by atoms with van der Waals surface area (Å²) in [5.74, 6) is 0.683. The van der Waals surface area contributed by atoms with Gasteiger partial charge < -0.3 is 10.6 Å². The van der Waals surface area contributed by atoms with Crippen molar-refractivity contribution >= 4 is 11.6 Å². The van der Waals surface area contributed by atoms with Crippen LogP contribution in [0, 0.1) is 10.1 Å². The Bertz CT molecular complexity index is 520. The van der Waals surface area contributed by atoms with Crippen molar-refractivity contribution in [3.05, 3.63) is 39.9 Å². The van der Waals surface area contributed by atoms with Gasteiger partial charge in [-0.25, -0.2) is 0 Å². The van der Waals surface area contributed by atoms with Crippen LogP contribution in [-0.2, 0) is 6.42 Å². The monoisotopic (exact) mass is 318 g/mol. The number of nitro benzene ring substituents is 1. The first kappa shape index (κ1) is 17.2. The van der Waals surface area contributed by atoms with Crippen LogP contribution in [0.25, 0.3) is 0 Å². The minimum absolute atomic E-state index is 0.142. The first-order valence-corrected chi connectivity index (χ1v) is 8.45. The zero-order valence-electron chi connectivity index (χ0n) is 13.6. The minimum Gasteiger partial charge on any atom is -0.370 e. The molecule has 1 aliphatic heterocycles. The average molecular weight is 318 g/mol. The van der Waals surface area contributed by atoms with E-state index in [0.29, 0.717) is 5.96 Å². The fraction of sp³-hybridized carbons (Fsp3) is 0.588. The number of guanidine groups is 1. The van der Waals surface area contributed by atoms with E-state index in [0.717, 1.165) is 44.5 Å². The lowest BCUT2D eigenvalue weighted by molar-refractivity contribution is -0.384. The summed E-state index contributed by atoms with van der Waals surface area (Å²) in [6.07, 6.45) is 7.89. The molecule has 6 heteroatoms. The maximum Gasteiger partial charge on any atom is 0.269 e. The standard InChI is InChI=1S/C17H26N4O2/c18-17(20-13-5-1-2-6-14-20)19-12-4-3-7-15-8-10-16(11-9-15)21(22)23/h8-11H,1-7,12-14H2,(H2,18,19). The van der Waals surface area contributed by atoms with Gasteiger partial charge in [-0.15, -0.1) is 0 Å². The van der Waals surface area contributed by atoms with Gasteiger partial charge in [0, 0.05) is 31.8 Å².